The zero-order valence-corrected chi connectivity index (χ0v) is 13.6. The van der Waals surface area contributed by atoms with Crippen molar-refractivity contribution in [2.45, 2.75) is 70.6 Å². The number of halogens is 1. The number of hydrogen-bond acceptors (Lipinski definition) is 1. The minimum Gasteiger partial charge on any atom is -0.354 e. The highest BCUT2D eigenvalue weighted by Gasteiger charge is 2.58. The lowest BCUT2D eigenvalue weighted by Gasteiger charge is -2.60. The first kappa shape index (κ1) is 14.7. The average molecular weight is 298 g/mol. The van der Waals surface area contributed by atoms with Gasteiger partial charge in [0.15, 0.2) is 0 Å². The fourth-order valence-corrected chi connectivity index (χ4v) is 6.09. The zero-order chi connectivity index (χ0) is 14.4. The maximum Gasteiger partial charge on any atom is 0.226 e. The van der Waals surface area contributed by atoms with Crippen LogP contribution in [0.15, 0.2) is 0 Å². The number of carbonyl (C=O) groups is 1. The van der Waals surface area contributed by atoms with Crippen LogP contribution in [0.3, 0.4) is 0 Å². The molecule has 1 N–H and O–H groups in total. The summed E-state index contributed by atoms with van der Waals surface area (Å²) in [4.78, 5) is 12.8. The normalized spacial score (nSPS) is 43.5. The van der Waals surface area contributed by atoms with Gasteiger partial charge < -0.3 is 5.32 Å². The molecule has 0 saturated heterocycles. The standard InChI is InChI=1S/C17H28ClNO/c1-3-4-14(18)10-19-15(20)17-8-12-5-13(9-17)7-16(2,6-12)11-17/h12-14H,3-11H2,1-2H3,(H,19,20). The highest BCUT2D eigenvalue weighted by molar-refractivity contribution is 6.20. The Morgan fingerprint density at radius 1 is 1.30 bits per heavy atom. The van der Waals surface area contributed by atoms with Crippen LogP contribution in [-0.2, 0) is 4.79 Å². The molecule has 20 heavy (non-hydrogen) atoms. The van der Waals surface area contributed by atoms with Crippen molar-refractivity contribution in [3.8, 4) is 0 Å². The first-order valence-electron chi connectivity index (χ1n) is 8.37. The SMILES string of the molecule is CCCC(Cl)CNC(=O)C12CC3CC(CC(C)(C3)C1)C2. The van der Waals surface area contributed by atoms with Gasteiger partial charge in [-0.2, -0.15) is 0 Å². The second kappa shape index (κ2) is 5.19. The smallest absolute Gasteiger partial charge is 0.226 e. The van der Waals surface area contributed by atoms with Crippen molar-refractivity contribution >= 4 is 17.5 Å². The van der Waals surface area contributed by atoms with E-state index in [4.69, 9.17) is 11.6 Å². The number of nitrogens with one attached hydrogen (secondary N) is 1. The van der Waals surface area contributed by atoms with Crippen molar-refractivity contribution in [1.29, 1.82) is 0 Å². The van der Waals surface area contributed by atoms with E-state index in [1.807, 2.05) is 0 Å². The third-order valence-corrected chi connectivity index (χ3v) is 6.29. The summed E-state index contributed by atoms with van der Waals surface area (Å²) < 4.78 is 0. The average Bonchev–Trinajstić information content (AvgIpc) is 2.33. The Labute approximate surface area is 128 Å². The van der Waals surface area contributed by atoms with Gasteiger partial charge in [-0.1, -0.05) is 20.3 Å². The van der Waals surface area contributed by atoms with Gasteiger partial charge in [-0.05, 0) is 62.2 Å². The van der Waals surface area contributed by atoms with Gasteiger partial charge in [0.05, 0.1) is 10.8 Å². The van der Waals surface area contributed by atoms with Crippen LogP contribution in [0.1, 0.15) is 65.2 Å². The largest absolute Gasteiger partial charge is 0.354 e. The Morgan fingerprint density at radius 3 is 2.50 bits per heavy atom. The molecule has 3 unspecified atom stereocenters. The molecule has 0 aromatic rings. The Balaban J connectivity index is 1.65. The van der Waals surface area contributed by atoms with E-state index in [0.717, 1.165) is 43.9 Å². The predicted molar refractivity (Wildman–Crippen MR) is 82.8 cm³/mol. The van der Waals surface area contributed by atoms with Crippen LogP contribution < -0.4 is 5.32 Å². The summed E-state index contributed by atoms with van der Waals surface area (Å²) in [6.07, 6.45) is 9.52. The van der Waals surface area contributed by atoms with Gasteiger partial charge in [0.2, 0.25) is 5.91 Å². The van der Waals surface area contributed by atoms with Crippen LogP contribution >= 0.6 is 11.6 Å². The summed E-state index contributed by atoms with van der Waals surface area (Å²) in [6.45, 7) is 5.19. The van der Waals surface area contributed by atoms with Gasteiger partial charge >= 0.3 is 0 Å². The molecule has 4 fully saturated rings. The lowest BCUT2D eigenvalue weighted by Crippen LogP contribution is -2.57. The molecule has 0 radical (unpaired) electrons. The number of hydrogen-bond donors (Lipinski definition) is 1. The summed E-state index contributed by atoms with van der Waals surface area (Å²) in [5.74, 6) is 1.91. The molecule has 0 spiro atoms. The number of rotatable bonds is 5. The van der Waals surface area contributed by atoms with Crippen molar-refractivity contribution < 1.29 is 4.79 Å². The van der Waals surface area contributed by atoms with Crippen molar-refractivity contribution in [2.75, 3.05) is 6.54 Å². The van der Waals surface area contributed by atoms with Crippen molar-refractivity contribution in [1.82, 2.24) is 5.32 Å². The van der Waals surface area contributed by atoms with E-state index in [9.17, 15) is 4.79 Å². The first-order chi connectivity index (χ1) is 9.45. The van der Waals surface area contributed by atoms with Gasteiger partial charge in [0.1, 0.15) is 0 Å². The van der Waals surface area contributed by atoms with E-state index < -0.39 is 0 Å². The van der Waals surface area contributed by atoms with Gasteiger partial charge in [0.25, 0.3) is 0 Å². The molecule has 0 heterocycles. The Bertz CT molecular complexity index is 380. The fourth-order valence-electron chi connectivity index (χ4n) is 5.79. The second-order valence-electron chi connectivity index (χ2n) is 8.15. The van der Waals surface area contributed by atoms with Gasteiger partial charge in [-0.15, -0.1) is 11.6 Å². The van der Waals surface area contributed by atoms with E-state index >= 15 is 0 Å². The van der Waals surface area contributed by atoms with Crippen LogP contribution in [0.25, 0.3) is 0 Å². The molecule has 1 amide bonds. The molecule has 4 rings (SSSR count). The lowest BCUT2D eigenvalue weighted by atomic mass is 9.44. The summed E-state index contributed by atoms with van der Waals surface area (Å²) >= 11 is 6.25. The van der Waals surface area contributed by atoms with E-state index in [-0.39, 0.29) is 10.8 Å². The van der Waals surface area contributed by atoms with Crippen LogP contribution in [0.2, 0.25) is 0 Å². The summed E-state index contributed by atoms with van der Waals surface area (Å²) in [5.41, 5.74) is 0.382. The molecule has 0 aromatic heterocycles. The van der Waals surface area contributed by atoms with Gasteiger partial charge in [-0.3, -0.25) is 4.79 Å². The van der Waals surface area contributed by atoms with Crippen molar-refractivity contribution in [2.24, 2.45) is 22.7 Å². The predicted octanol–water partition coefficient (Wildman–Crippen LogP) is 4.12. The van der Waals surface area contributed by atoms with Gasteiger partial charge in [0, 0.05) is 6.54 Å². The van der Waals surface area contributed by atoms with E-state index in [2.05, 4.69) is 19.2 Å². The van der Waals surface area contributed by atoms with Crippen LogP contribution in [0.4, 0.5) is 0 Å². The van der Waals surface area contributed by atoms with E-state index in [1.165, 1.54) is 19.3 Å². The van der Waals surface area contributed by atoms with E-state index in [1.54, 1.807) is 0 Å². The molecule has 4 bridgehead atoms. The molecule has 114 valence electrons. The van der Waals surface area contributed by atoms with Crippen molar-refractivity contribution in [3.05, 3.63) is 0 Å². The second-order valence-corrected chi connectivity index (χ2v) is 8.77. The molecule has 4 saturated carbocycles. The third kappa shape index (κ3) is 2.61. The monoisotopic (exact) mass is 297 g/mol. The maximum absolute atomic E-state index is 12.8. The summed E-state index contributed by atoms with van der Waals surface area (Å²) in [6, 6.07) is 0. The molecule has 3 atom stereocenters. The summed E-state index contributed by atoms with van der Waals surface area (Å²) in [7, 11) is 0. The minimum absolute atomic E-state index is 0.0539. The molecule has 0 aromatic carbocycles. The minimum atomic E-state index is -0.0539. The Hall–Kier alpha value is -0.240. The Kier molecular flexibility index (Phi) is 3.81. The number of amides is 1. The van der Waals surface area contributed by atoms with Crippen LogP contribution in [0.5, 0.6) is 0 Å². The summed E-state index contributed by atoms with van der Waals surface area (Å²) in [5, 5.41) is 3.26. The molecular weight excluding hydrogens is 270 g/mol. The quantitative estimate of drug-likeness (QED) is 0.760. The zero-order valence-electron chi connectivity index (χ0n) is 12.9. The molecule has 4 aliphatic rings. The topological polar surface area (TPSA) is 29.1 Å². The maximum atomic E-state index is 12.8. The highest BCUT2D eigenvalue weighted by atomic mass is 35.5. The molecular formula is C17H28ClNO. The molecule has 0 aliphatic heterocycles. The lowest BCUT2D eigenvalue weighted by molar-refractivity contribution is -0.155. The van der Waals surface area contributed by atoms with Gasteiger partial charge in [-0.25, -0.2) is 0 Å². The highest BCUT2D eigenvalue weighted by Crippen LogP contribution is 2.65. The first-order valence-corrected chi connectivity index (χ1v) is 8.81. The van der Waals surface area contributed by atoms with Crippen molar-refractivity contribution in [3.63, 3.8) is 0 Å². The van der Waals surface area contributed by atoms with Crippen LogP contribution in [0, 0.1) is 22.7 Å². The van der Waals surface area contributed by atoms with Crippen LogP contribution in [-0.4, -0.2) is 17.8 Å². The Morgan fingerprint density at radius 2 is 1.95 bits per heavy atom. The fraction of sp³-hybridized carbons (Fsp3) is 0.941. The molecule has 2 nitrogen and oxygen atoms in total. The third-order valence-electron chi connectivity index (χ3n) is 5.92. The van der Waals surface area contributed by atoms with E-state index in [0.29, 0.717) is 17.9 Å². The molecule has 4 aliphatic carbocycles. The number of alkyl halides is 1. The number of carbonyl (C=O) groups excluding carboxylic acids is 1. The molecule has 3 heteroatoms.